The van der Waals surface area contributed by atoms with Gasteiger partial charge in [-0.25, -0.2) is 8.78 Å². The van der Waals surface area contributed by atoms with Crippen LogP contribution in [-0.2, 0) is 9.53 Å². The molecule has 0 N–H and O–H groups in total. The van der Waals surface area contributed by atoms with Crippen molar-refractivity contribution in [3.8, 4) is 0 Å². The zero-order chi connectivity index (χ0) is 10.1. The van der Waals surface area contributed by atoms with Crippen molar-refractivity contribution in [2.24, 2.45) is 11.8 Å². The van der Waals surface area contributed by atoms with Crippen molar-refractivity contribution >= 4 is 5.97 Å². The molecule has 2 atom stereocenters. The molecule has 1 aliphatic rings. The minimum absolute atomic E-state index is 0.00655. The Bertz CT molecular complexity index is 204. The molecule has 0 aromatic rings. The number of alkyl halides is 2. The van der Waals surface area contributed by atoms with E-state index in [4.69, 9.17) is 0 Å². The maximum Gasteiger partial charge on any atom is 0.309 e. The molecule has 1 fully saturated rings. The van der Waals surface area contributed by atoms with Crippen LogP contribution in [0.1, 0.15) is 26.2 Å². The molecular formula is C9H14F2O2. The molecule has 0 amide bonds. The molecule has 0 heterocycles. The molecule has 0 unspecified atom stereocenters. The number of methoxy groups -OCH3 is 1. The van der Waals surface area contributed by atoms with E-state index in [1.54, 1.807) is 0 Å². The van der Waals surface area contributed by atoms with E-state index in [2.05, 4.69) is 4.74 Å². The quantitative estimate of drug-likeness (QED) is 0.595. The lowest BCUT2D eigenvalue weighted by Crippen LogP contribution is -2.36. The lowest BCUT2D eigenvalue weighted by Gasteiger charge is -2.32. The first-order valence-corrected chi connectivity index (χ1v) is 4.42. The van der Waals surface area contributed by atoms with Crippen molar-refractivity contribution in [2.45, 2.75) is 32.1 Å². The van der Waals surface area contributed by atoms with Gasteiger partial charge in [0.05, 0.1) is 13.0 Å². The second kappa shape index (κ2) is 3.60. The fourth-order valence-electron chi connectivity index (χ4n) is 1.73. The van der Waals surface area contributed by atoms with Crippen LogP contribution in [0.25, 0.3) is 0 Å². The second-order valence-corrected chi connectivity index (χ2v) is 3.71. The van der Waals surface area contributed by atoms with Crippen molar-refractivity contribution < 1.29 is 18.3 Å². The normalized spacial score (nSPS) is 32.6. The third-order valence-corrected chi connectivity index (χ3v) is 2.67. The molecule has 2 nitrogen and oxygen atoms in total. The summed E-state index contributed by atoms with van der Waals surface area (Å²) in [5, 5.41) is 0. The molecule has 1 aliphatic carbocycles. The molecule has 0 aliphatic heterocycles. The van der Waals surface area contributed by atoms with Gasteiger partial charge in [0.1, 0.15) is 0 Å². The van der Waals surface area contributed by atoms with Crippen LogP contribution in [0.4, 0.5) is 8.78 Å². The van der Waals surface area contributed by atoms with Crippen molar-refractivity contribution in [1.82, 2.24) is 0 Å². The Morgan fingerprint density at radius 2 is 2.15 bits per heavy atom. The summed E-state index contributed by atoms with van der Waals surface area (Å²) in [5.41, 5.74) is 0. The van der Waals surface area contributed by atoms with Crippen molar-refractivity contribution in [3.63, 3.8) is 0 Å². The van der Waals surface area contributed by atoms with Gasteiger partial charge in [-0.2, -0.15) is 0 Å². The van der Waals surface area contributed by atoms with Crippen LogP contribution in [0.2, 0.25) is 0 Å². The van der Waals surface area contributed by atoms with Crippen LogP contribution in [0.3, 0.4) is 0 Å². The minimum Gasteiger partial charge on any atom is -0.469 e. The molecule has 0 radical (unpaired) electrons. The molecule has 0 bridgehead atoms. The van der Waals surface area contributed by atoms with Crippen molar-refractivity contribution in [1.29, 1.82) is 0 Å². The van der Waals surface area contributed by atoms with Gasteiger partial charge in [0, 0.05) is 12.8 Å². The first-order chi connectivity index (χ1) is 5.96. The second-order valence-electron chi connectivity index (χ2n) is 3.71. The highest BCUT2D eigenvalue weighted by atomic mass is 19.3. The molecule has 4 heteroatoms. The predicted octanol–water partition coefficient (Wildman–Crippen LogP) is 2.23. The molecule has 76 valence electrons. The Kier molecular flexibility index (Phi) is 2.88. The Balaban J connectivity index is 2.65. The summed E-state index contributed by atoms with van der Waals surface area (Å²) in [4.78, 5) is 11.1. The predicted molar refractivity (Wildman–Crippen MR) is 43.5 cm³/mol. The smallest absolute Gasteiger partial charge is 0.309 e. The van der Waals surface area contributed by atoms with Gasteiger partial charge in [0.2, 0.25) is 5.92 Å². The van der Waals surface area contributed by atoms with E-state index in [1.807, 2.05) is 6.92 Å². The summed E-state index contributed by atoms with van der Waals surface area (Å²) in [7, 11) is 1.24. The molecule has 0 aromatic carbocycles. The zero-order valence-corrected chi connectivity index (χ0v) is 7.85. The van der Waals surface area contributed by atoms with Crippen LogP contribution in [0.15, 0.2) is 0 Å². The lowest BCUT2D eigenvalue weighted by atomic mass is 9.78. The zero-order valence-electron chi connectivity index (χ0n) is 7.85. The average Bonchev–Trinajstić information content (AvgIpc) is 2.08. The Morgan fingerprint density at radius 1 is 1.54 bits per heavy atom. The van der Waals surface area contributed by atoms with Gasteiger partial charge in [-0.3, -0.25) is 4.79 Å². The van der Waals surface area contributed by atoms with Gasteiger partial charge in [-0.1, -0.05) is 6.92 Å². The van der Waals surface area contributed by atoms with E-state index in [0.717, 1.165) is 0 Å². The van der Waals surface area contributed by atoms with Gasteiger partial charge in [0.15, 0.2) is 0 Å². The van der Waals surface area contributed by atoms with E-state index >= 15 is 0 Å². The van der Waals surface area contributed by atoms with Crippen LogP contribution in [0, 0.1) is 11.8 Å². The summed E-state index contributed by atoms with van der Waals surface area (Å²) in [6, 6.07) is 0. The highest BCUT2D eigenvalue weighted by Gasteiger charge is 2.43. The van der Waals surface area contributed by atoms with Crippen molar-refractivity contribution in [3.05, 3.63) is 0 Å². The highest BCUT2D eigenvalue weighted by molar-refractivity contribution is 5.72. The Labute approximate surface area is 76.3 Å². The van der Waals surface area contributed by atoms with E-state index in [9.17, 15) is 13.6 Å². The maximum atomic E-state index is 12.9. The number of hydrogen-bond acceptors (Lipinski definition) is 2. The molecule has 1 rings (SSSR count). The van der Waals surface area contributed by atoms with Gasteiger partial charge in [-0.15, -0.1) is 0 Å². The number of halogens is 2. The van der Waals surface area contributed by atoms with E-state index in [-0.39, 0.29) is 18.8 Å². The maximum absolute atomic E-state index is 12.9. The third-order valence-electron chi connectivity index (χ3n) is 2.67. The fraction of sp³-hybridized carbons (Fsp3) is 0.889. The molecular weight excluding hydrogens is 178 g/mol. The molecule has 0 saturated heterocycles. The fourth-order valence-corrected chi connectivity index (χ4v) is 1.73. The highest BCUT2D eigenvalue weighted by Crippen LogP contribution is 2.40. The Hall–Kier alpha value is -0.670. The number of esters is 1. The summed E-state index contributed by atoms with van der Waals surface area (Å²) in [6.45, 7) is 1.82. The van der Waals surface area contributed by atoms with Gasteiger partial charge < -0.3 is 4.74 Å². The lowest BCUT2D eigenvalue weighted by molar-refractivity contribution is -0.156. The summed E-state index contributed by atoms with van der Waals surface area (Å²) >= 11 is 0. The van der Waals surface area contributed by atoms with Crippen LogP contribution >= 0.6 is 0 Å². The summed E-state index contributed by atoms with van der Waals surface area (Å²) in [5.74, 6) is -3.82. The number of carbonyl (C=O) groups is 1. The number of hydrogen-bond donors (Lipinski definition) is 0. The standard InChI is InChI=1S/C9H14F2O2/c1-6-3-4-9(10,11)5-7(6)8(12)13-2/h6-7H,3-5H2,1-2H3/t6-,7-/m1/s1. The molecule has 0 aromatic heterocycles. The van der Waals surface area contributed by atoms with Crippen LogP contribution < -0.4 is 0 Å². The van der Waals surface area contributed by atoms with Crippen molar-refractivity contribution in [2.75, 3.05) is 7.11 Å². The topological polar surface area (TPSA) is 26.3 Å². The van der Waals surface area contributed by atoms with Gasteiger partial charge in [0.25, 0.3) is 0 Å². The summed E-state index contributed by atoms with van der Waals surface area (Å²) in [6.07, 6.45) is -0.0741. The molecule has 13 heavy (non-hydrogen) atoms. The number of rotatable bonds is 1. The van der Waals surface area contributed by atoms with Gasteiger partial charge in [-0.05, 0) is 12.3 Å². The van der Waals surface area contributed by atoms with Crippen LogP contribution in [-0.4, -0.2) is 19.0 Å². The minimum atomic E-state index is -2.69. The molecule has 0 spiro atoms. The molecule has 1 saturated carbocycles. The van der Waals surface area contributed by atoms with E-state index < -0.39 is 17.8 Å². The van der Waals surface area contributed by atoms with Crippen LogP contribution in [0.5, 0.6) is 0 Å². The third kappa shape index (κ3) is 2.39. The largest absolute Gasteiger partial charge is 0.469 e. The summed E-state index contributed by atoms with van der Waals surface area (Å²) < 4.78 is 30.3. The number of carbonyl (C=O) groups excluding carboxylic acids is 1. The SMILES string of the molecule is COC(=O)[C@@H]1CC(F)(F)CC[C@H]1C. The Morgan fingerprint density at radius 3 is 2.69 bits per heavy atom. The van der Waals surface area contributed by atoms with E-state index in [1.165, 1.54) is 7.11 Å². The number of ether oxygens (including phenoxy) is 1. The first-order valence-electron chi connectivity index (χ1n) is 4.42. The first kappa shape index (κ1) is 10.4. The average molecular weight is 192 g/mol. The van der Waals surface area contributed by atoms with Gasteiger partial charge >= 0.3 is 5.97 Å². The van der Waals surface area contributed by atoms with E-state index in [0.29, 0.717) is 6.42 Å². The monoisotopic (exact) mass is 192 g/mol.